The molecule has 0 saturated carbocycles. The van der Waals surface area contributed by atoms with E-state index in [4.69, 9.17) is 5.11 Å². The number of aromatic nitrogens is 3. The highest BCUT2D eigenvalue weighted by Gasteiger charge is 2.20. The Bertz CT molecular complexity index is 1420. The molecule has 0 spiro atoms. The number of hydrogen-bond donors (Lipinski definition) is 3. The van der Waals surface area contributed by atoms with Gasteiger partial charge in [0.25, 0.3) is 5.91 Å². The van der Waals surface area contributed by atoms with Gasteiger partial charge >= 0.3 is 5.97 Å². The van der Waals surface area contributed by atoms with Crippen molar-refractivity contribution in [3.63, 3.8) is 0 Å². The molecule has 0 aliphatic rings. The molecule has 30 heavy (non-hydrogen) atoms. The number of fused-ring (bicyclic) bond motifs is 2. The molecule has 0 saturated heterocycles. The normalized spacial score (nSPS) is 10.8. The molecular weight excluding hydrogens is 406 g/mol. The fourth-order valence-corrected chi connectivity index (χ4v) is 4.14. The number of carboxylic acids is 1. The molecule has 4 aromatic rings. The van der Waals surface area contributed by atoms with Gasteiger partial charge in [-0.15, -0.1) is 0 Å². The number of hydrogen-bond acceptors (Lipinski definition) is 6. The van der Waals surface area contributed by atoms with Gasteiger partial charge in [-0.1, -0.05) is 36.0 Å². The minimum absolute atomic E-state index is 0.0887. The summed E-state index contributed by atoms with van der Waals surface area (Å²) in [5, 5.41) is 25.3. The molecule has 0 aliphatic heterocycles. The number of nitriles is 1. The fraction of sp³-hybridized carbons (Fsp3) is 0.0500. The third-order valence-corrected chi connectivity index (χ3v) is 5.46. The number of carboxylic acid groups (broad SMARTS) is 1. The molecule has 148 valence electrons. The van der Waals surface area contributed by atoms with Crippen LogP contribution in [0.4, 0.5) is 0 Å². The number of nitrogens with one attached hydrogen (secondary N) is 2. The van der Waals surface area contributed by atoms with E-state index in [1.165, 1.54) is 28.7 Å². The SMILES string of the molecule is N#Cc1cccc2c(Sc3cc(=O)c(C(=O)NCC(=O)O)c4nc[nH]n34)cccc12. The minimum atomic E-state index is -1.22. The summed E-state index contributed by atoms with van der Waals surface area (Å²) >= 11 is 1.28. The summed E-state index contributed by atoms with van der Waals surface area (Å²) in [5.74, 6) is -2.03. The molecule has 0 bridgehead atoms. The van der Waals surface area contributed by atoms with Crippen LogP contribution in [0, 0.1) is 11.3 Å². The van der Waals surface area contributed by atoms with E-state index in [0.29, 0.717) is 10.6 Å². The number of aliphatic carboxylic acids is 1. The highest BCUT2D eigenvalue weighted by Crippen LogP contribution is 2.34. The van der Waals surface area contributed by atoms with Crippen molar-refractivity contribution in [2.45, 2.75) is 9.92 Å². The summed E-state index contributed by atoms with van der Waals surface area (Å²) in [4.78, 5) is 40.6. The monoisotopic (exact) mass is 419 g/mol. The van der Waals surface area contributed by atoms with Crippen molar-refractivity contribution in [2.24, 2.45) is 0 Å². The van der Waals surface area contributed by atoms with Crippen LogP contribution in [-0.2, 0) is 4.79 Å². The lowest BCUT2D eigenvalue weighted by Crippen LogP contribution is -2.33. The van der Waals surface area contributed by atoms with E-state index in [1.54, 1.807) is 12.1 Å². The van der Waals surface area contributed by atoms with Crippen LogP contribution < -0.4 is 10.7 Å². The van der Waals surface area contributed by atoms with Gasteiger partial charge in [0, 0.05) is 16.3 Å². The van der Waals surface area contributed by atoms with Gasteiger partial charge in [0.05, 0.1) is 11.6 Å². The number of aromatic amines is 1. The number of amides is 1. The highest BCUT2D eigenvalue weighted by atomic mass is 32.2. The Balaban J connectivity index is 1.80. The summed E-state index contributed by atoms with van der Waals surface area (Å²) in [6, 6.07) is 14.4. The zero-order valence-electron chi connectivity index (χ0n) is 15.2. The van der Waals surface area contributed by atoms with E-state index in [1.807, 2.05) is 24.3 Å². The Morgan fingerprint density at radius 2 is 2.00 bits per heavy atom. The lowest BCUT2D eigenvalue weighted by molar-refractivity contribution is -0.135. The first-order valence-electron chi connectivity index (χ1n) is 8.68. The van der Waals surface area contributed by atoms with Crippen LogP contribution in [0.25, 0.3) is 16.4 Å². The maximum Gasteiger partial charge on any atom is 0.322 e. The quantitative estimate of drug-likeness (QED) is 0.449. The number of H-pyrrole nitrogens is 1. The second kappa shape index (κ2) is 7.73. The number of carbonyl (C=O) groups excluding carboxylic acids is 1. The predicted molar refractivity (Wildman–Crippen MR) is 109 cm³/mol. The van der Waals surface area contributed by atoms with Gasteiger partial charge in [-0.3, -0.25) is 19.5 Å². The van der Waals surface area contributed by atoms with Crippen LogP contribution in [0.3, 0.4) is 0 Å². The molecule has 2 aromatic carbocycles. The lowest BCUT2D eigenvalue weighted by atomic mass is 10.1. The molecular formula is C20H13N5O4S. The molecule has 0 atom stereocenters. The minimum Gasteiger partial charge on any atom is -0.480 e. The molecule has 1 amide bonds. The van der Waals surface area contributed by atoms with Crippen LogP contribution in [0.5, 0.6) is 0 Å². The van der Waals surface area contributed by atoms with Crippen LogP contribution in [0.15, 0.2) is 63.5 Å². The summed E-state index contributed by atoms with van der Waals surface area (Å²) in [5.41, 5.74) is -0.188. The maximum absolute atomic E-state index is 12.7. The van der Waals surface area contributed by atoms with E-state index in [0.717, 1.165) is 15.7 Å². The van der Waals surface area contributed by atoms with Crippen LogP contribution >= 0.6 is 11.8 Å². The molecule has 0 aliphatic carbocycles. The van der Waals surface area contributed by atoms with Gasteiger partial charge in [-0.25, -0.2) is 9.50 Å². The zero-order chi connectivity index (χ0) is 21.3. The van der Waals surface area contributed by atoms with Crippen molar-refractivity contribution >= 4 is 40.1 Å². The number of benzene rings is 2. The van der Waals surface area contributed by atoms with Crippen molar-refractivity contribution in [2.75, 3.05) is 6.54 Å². The standard InChI is InChI=1S/C20H13N5O4S/c21-8-11-3-1-5-13-12(11)4-2-6-15(13)30-16-7-14(26)18(19-23-10-24-25(16)19)20(29)22-9-17(27)28/h1-7,10H,9H2,(H,22,29)(H,23,24)(H,27,28). The smallest absolute Gasteiger partial charge is 0.322 e. The molecule has 3 N–H and O–H groups in total. The molecule has 10 heteroatoms. The van der Waals surface area contributed by atoms with Crippen molar-refractivity contribution in [1.29, 1.82) is 5.26 Å². The second-order valence-electron chi connectivity index (χ2n) is 6.22. The van der Waals surface area contributed by atoms with Crippen LogP contribution in [-0.4, -0.2) is 38.1 Å². The van der Waals surface area contributed by atoms with Gasteiger partial charge in [-0.05, 0) is 17.5 Å². The van der Waals surface area contributed by atoms with Crippen molar-refractivity contribution in [3.8, 4) is 6.07 Å². The van der Waals surface area contributed by atoms with Crippen LogP contribution in [0.1, 0.15) is 15.9 Å². The Morgan fingerprint density at radius 1 is 1.23 bits per heavy atom. The highest BCUT2D eigenvalue weighted by molar-refractivity contribution is 7.99. The van der Waals surface area contributed by atoms with Gasteiger partial charge in [0.2, 0.25) is 0 Å². The average Bonchev–Trinajstić information content (AvgIpc) is 3.21. The fourth-order valence-electron chi connectivity index (χ4n) is 3.08. The van der Waals surface area contributed by atoms with E-state index in [-0.39, 0.29) is 11.2 Å². The molecule has 4 rings (SSSR count). The predicted octanol–water partition coefficient (Wildman–Crippen LogP) is 2.01. The molecule has 9 nitrogen and oxygen atoms in total. The van der Waals surface area contributed by atoms with Crippen LogP contribution in [0.2, 0.25) is 0 Å². The number of nitrogens with zero attached hydrogens (tertiary/aromatic N) is 3. The second-order valence-corrected chi connectivity index (χ2v) is 7.28. The molecule has 0 unspecified atom stereocenters. The lowest BCUT2D eigenvalue weighted by Gasteiger charge is -2.10. The maximum atomic E-state index is 12.7. The van der Waals surface area contributed by atoms with E-state index < -0.39 is 23.9 Å². The Hall–Kier alpha value is -4.10. The van der Waals surface area contributed by atoms with E-state index in [2.05, 4.69) is 21.5 Å². The molecule has 2 heterocycles. The van der Waals surface area contributed by atoms with Crippen molar-refractivity contribution in [3.05, 3.63) is 70.1 Å². The van der Waals surface area contributed by atoms with Crippen molar-refractivity contribution in [1.82, 2.24) is 19.9 Å². The summed E-state index contributed by atoms with van der Waals surface area (Å²) in [6.07, 6.45) is 1.34. The first-order chi connectivity index (χ1) is 14.5. The Labute approximate surface area is 173 Å². The molecule has 0 fully saturated rings. The van der Waals surface area contributed by atoms with E-state index >= 15 is 0 Å². The third kappa shape index (κ3) is 3.38. The Morgan fingerprint density at radius 3 is 2.77 bits per heavy atom. The number of carbonyl (C=O) groups is 2. The largest absolute Gasteiger partial charge is 0.480 e. The number of rotatable bonds is 5. The zero-order valence-corrected chi connectivity index (χ0v) is 16.1. The average molecular weight is 419 g/mol. The van der Waals surface area contributed by atoms with Gasteiger partial charge in [-0.2, -0.15) is 5.26 Å². The van der Waals surface area contributed by atoms with Gasteiger partial charge < -0.3 is 10.4 Å². The summed E-state index contributed by atoms with van der Waals surface area (Å²) in [7, 11) is 0. The summed E-state index contributed by atoms with van der Waals surface area (Å²) < 4.78 is 1.48. The van der Waals surface area contributed by atoms with E-state index in [9.17, 15) is 19.6 Å². The topological polar surface area (TPSA) is 140 Å². The van der Waals surface area contributed by atoms with Gasteiger partial charge in [0.15, 0.2) is 11.1 Å². The molecule has 2 aromatic heterocycles. The first kappa shape index (κ1) is 19.2. The Kier molecular flexibility index (Phi) is 4.95. The van der Waals surface area contributed by atoms with Crippen molar-refractivity contribution < 1.29 is 14.7 Å². The molecule has 0 radical (unpaired) electrons. The third-order valence-electron chi connectivity index (χ3n) is 4.37. The summed E-state index contributed by atoms with van der Waals surface area (Å²) in [6.45, 7) is -0.609. The first-order valence-corrected chi connectivity index (χ1v) is 9.50. The van der Waals surface area contributed by atoms with Gasteiger partial charge in [0.1, 0.15) is 23.5 Å². The number of pyridine rings is 1.